The maximum atomic E-state index is 12.6. The van der Waals surface area contributed by atoms with Gasteiger partial charge in [0.05, 0.1) is 18.6 Å². The molecule has 1 aliphatic rings. The minimum atomic E-state index is -4.09. The smallest absolute Gasteiger partial charge is 0.391 e. The maximum absolute atomic E-state index is 12.6. The van der Waals surface area contributed by atoms with Crippen LogP contribution in [0.3, 0.4) is 0 Å². The average Bonchev–Trinajstić information content (AvgIpc) is 2.53. The van der Waals surface area contributed by atoms with Gasteiger partial charge < -0.3 is 9.47 Å². The van der Waals surface area contributed by atoms with Crippen LogP contribution in [0.15, 0.2) is 22.7 Å². The highest BCUT2D eigenvalue weighted by atomic mass is 79.9. The topological polar surface area (TPSA) is 38.8 Å². The summed E-state index contributed by atoms with van der Waals surface area (Å²) in [5, 5.41) is 0. The van der Waals surface area contributed by atoms with Gasteiger partial charge in [-0.3, -0.25) is 4.90 Å². The van der Waals surface area contributed by atoms with E-state index < -0.39 is 18.1 Å². The lowest BCUT2D eigenvalue weighted by Crippen LogP contribution is -2.40. The van der Waals surface area contributed by atoms with Crippen LogP contribution >= 0.6 is 15.9 Å². The van der Waals surface area contributed by atoms with Crippen LogP contribution in [-0.2, 0) is 4.74 Å². The molecule has 1 heterocycles. The van der Waals surface area contributed by atoms with Crippen LogP contribution in [0, 0.1) is 5.92 Å². The Balaban J connectivity index is 1.81. The fraction of sp³-hybridized carbons (Fsp3) is 0.562. The number of ether oxygens (including phenoxy) is 2. The van der Waals surface area contributed by atoms with Gasteiger partial charge in [0.25, 0.3) is 0 Å². The molecule has 24 heavy (non-hydrogen) atoms. The predicted octanol–water partition coefficient (Wildman–Crippen LogP) is 3.89. The molecule has 0 amide bonds. The van der Waals surface area contributed by atoms with Crippen LogP contribution in [0.4, 0.5) is 13.2 Å². The normalized spacial score (nSPS) is 16.9. The van der Waals surface area contributed by atoms with Crippen LogP contribution in [0.5, 0.6) is 5.75 Å². The molecule has 0 radical (unpaired) electrons. The van der Waals surface area contributed by atoms with Gasteiger partial charge in [-0.15, -0.1) is 0 Å². The quantitative estimate of drug-likeness (QED) is 0.691. The zero-order chi connectivity index (χ0) is 17.7. The highest BCUT2D eigenvalue weighted by Gasteiger charge is 2.40. The number of halogens is 4. The van der Waals surface area contributed by atoms with E-state index in [-0.39, 0.29) is 12.8 Å². The van der Waals surface area contributed by atoms with Gasteiger partial charge in [0, 0.05) is 11.0 Å². The van der Waals surface area contributed by atoms with Gasteiger partial charge in [0.1, 0.15) is 12.4 Å². The number of nitrogens with zero attached hydrogens (tertiary/aromatic N) is 1. The number of piperidine rings is 1. The van der Waals surface area contributed by atoms with E-state index in [4.69, 9.17) is 4.74 Å². The van der Waals surface area contributed by atoms with Crippen molar-refractivity contribution in [2.45, 2.75) is 19.0 Å². The van der Waals surface area contributed by atoms with Crippen molar-refractivity contribution in [2.75, 3.05) is 33.4 Å². The molecule has 0 aliphatic carbocycles. The SMILES string of the molecule is COC(=O)c1cc(Br)cc(OCCN2CCC(C(F)(F)F)CC2)c1. The van der Waals surface area contributed by atoms with Gasteiger partial charge >= 0.3 is 12.1 Å². The number of esters is 1. The van der Waals surface area contributed by atoms with Crippen LogP contribution in [0.25, 0.3) is 0 Å². The molecule has 1 aromatic carbocycles. The summed E-state index contributed by atoms with van der Waals surface area (Å²) >= 11 is 3.30. The molecule has 2 rings (SSSR count). The molecule has 0 unspecified atom stereocenters. The number of alkyl halides is 3. The molecule has 8 heteroatoms. The van der Waals surface area contributed by atoms with Crippen LogP contribution in [-0.4, -0.2) is 50.4 Å². The van der Waals surface area contributed by atoms with Crippen molar-refractivity contribution in [1.82, 2.24) is 4.90 Å². The first-order valence-corrected chi connectivity index (χ1v) is 8.39. The summed E-state index contributed by atoms with van der Waals surface area (Å²) in [6, 6.07) is 4.93. The number of hydrogen-bond acceptors (Lipinski definition) is 4. The second-order valence-corrected chi connectivity index (χ2v) is 6.59. The number of rotatable bonds is 5. The Morgan fingerprint density at radius 1 is 1.29 bits per heavy atom. The van der Waals surface area contributed by atoms with Gasteiger partial charge in [0.15, 0.2) is 0 Å². The van der Waals surface area contributed by atoms with Gasteiger partial charge in [-0.1, -0.05) is 15.9 Å². The maximum Gasteiger partial charge on any atom is 0.391 e. The van der Waals surface area contributed by atoms with E-state index in [1.165, 1.54) is 7.11 Å². The molecule has 4 nitrogen and oxygen atoms in total. The third kappa shape index (κ3) is 5.37. The fourth-order valence-corrected chi connectivity index (χ4v) is 3.13. The number of carbonyl (C=O) groups excluding carboxylic acids is 1. The van der Waals surface area contributed by atoms with Gasteiger partial charge in [-0.25, -0.2) is 4.79 Å². The van der Waals surface area contributed by atoms with Crippen molar-refractivity contribution in [3.63, 3.8) is 0 Å². The summed E-state index contributed by atoms with van der Waals surface area (Å²) in [5.74, 6) is -1.15. The van der Waals surface area contributed by atoms with Gasteiger partial charge in [-0.2, -0.15) is 13.2 Å². The van der Waals surface area contributed by atoms with E-state index >= 15 is 0 Å². The zero-order valence-corrected chi connectivity index (χ0v) is 14.8. The molecular weight excluding hydrogens is 391 g/mol. The number of hydrogen-bond donors (Lipinski definition) is 0. The molecule has 1 saturated heterocycles. The predicted molar refractivity (Wildman–Crippen MR) is 86.2 cm³/mol. The largest absolute Gasteiger partial charge is 0.492 e. The van der Waals surface area contributed by atoms with E-state index in [1.807, 2.05) is 4.90 Å². The van der Waals surface area contributed by atoms with E-state index in [9.17, 15) is 18.0 Å². The number of carbonyl (C=O) groups is 1. The Hall–Kier alpha value is -1.28. The van der Waals surface area contributed by atoms with E-state index in [0.29, 0.717) is 42.0 Å². The molecule has 0 N–H and O–H groups in total. The van der Waals surface area contributed by atoms with Crippen molar-refractivity contribution in [2.24, 2.45) is 5.92 Å². The number of likely N-dealkylation sites (tertiary alicyclic amines) is 1. The summed E-state index contributed by atoms with van der Waals surface area (Å²) in [6.07, 6.45) is -3.83. The van der Waals surface area contributed by atoms with Crippen LogP contribution in [0.1, 0.15) is 23.2 Å². The lowest BCUT2D eigenvalue weighted by atomic mass is 9.96. The molecule has 0 saturated carbocycles. The van der Waals surface area contributed by atoms with Gasteiger partial charge in [0.2, 0.25) is 0 Å². The Labute approximate surface area is 147 Å². The molecule has 0 spiro atoms. The van der Waals surface area contributed by atoms with Crippen molar-refractivity contribution in [3.8, 4) is 5.75 Å². The summed E-state index contributed by atoms with van der Waals surface area (Å²) < 4.78 is 48.9. The second kappa shape index (κ2) is 8.20. The lowest BCUT2D eigenvalue weighted by molar-refractivity contribution is -0.185. The van der Waals surface area contributed by atoms with E-state index in [0.717, 1.165) is 0 Å². The molecule has 134 valence electrons. The van der Waals surface area contributed by atoms with Gasteiger partial charge in [-0.05, 0) is 44.1 Å². The Kier molecular flexibility index (Phi) is 6.51. The van der Waals surface area contributed by atoms with Crippen molar-refractivity contribution < 1.29 is 27.4 Å². The highest BCUT2D eigenvalue weighted by Crippen LogP contribution is 2.34. The molecule has 1 fully saturated rings. The Morgan fingerprint density at radius 2 is 1.96 bits per heavy atom. The van der Waals surface area contributed by atoms with E-state index in [2.05, 4.69) is 20.7 Å². The highest BCUT2D eigenvalue weighted by molar-refractivity contribution is 9.10. The lowest BCUT2D eigenvalue weighted by Gasteiger charge is -2.32. The minimum Gasteiger partial charge on any atom is -0.492 e. The summed E-state index contributed by atoms with van der Waals surface area (Å²) in [5.41, 5.74) is 0.368. The van der Waals surface area contributed by atoms with Crippen molar-refractivity contribution in [1.29, 1.82) is 0 Å². The summed E-state index contributed by atoms with van der Waals surface area (Å²) in [4.78, 5) is 13.5. The summed E-state index contributed by atoms with van der Waals surface area (Å²) in [7, 11) is 1.30. The van der Waals surface area contributed by atoms with Crippen molar-refractivity contribution >= 4 is 21.9 Å². The monoisotopic (exact) mass is 409 g/mol. The fourth-order valence-electron chi connectivity index (χ4n) is 2.66. The Bertz CT molecular complexity index is 572. The molecule has 1 aliphatic heterocycles. The average molecular weight is 410 g/mol. The third-order valence-corrected chi connectivity index (χ3v) is 4.48. The summed E-state index contributed by atoms with van der Waals surface area (Å²) in [6.45, 7) is 1.72. The number of benzene rings is 1. The first-order valence-electron chi connectivity index (χ1n) is 7.60. The third-order valence-electron chi connectivity index (χ3n) is 4.02. The first-order chi connectivity index (χ1) is 11.3. The minimum absolute atomic E-state index is 0.132. The second-order valence-electron chi connectivity index (χ2n) is 5.67. The molecular formula is C16H19BrF3NO3. The molecule has 0 bridgehead atoms. The first kappa shape index (κ1) is 19.1. The number of methoxy groups -OCH3 is 1. The molecule has 0 aromatic heterocycles. The van der Waals surface area contributed by atoms with Crippen LogP contribution < -0.4 is 4.74 Å². The molecule has 1 aromatic rings. The Morgan fingerprint density at radius 3 is 2.54 bits per heavy atom. The molecule has 0 atom stereocenters. The van der Waals surface area contributed by atoms with Crippen LogP contribution in [0.2, 0.25) is 0 Å². The van der Waals surface area contributed by atoms with E-state index in [1.54, 1.807) is 18.2 Å². The zero-order valence-electron chi connectivity index (χ0n) is 13.2. The van der Waals surface area contributed by atoms with Crippen molar-refractivity contribution in [3.05, 3.63) is 28.2 Å². The standard InChI is InChI=1S/C16H19BrF3NO3/c1-23-15(22)11-8-13(17)10-14(9-11)24-7-6-21-4-2-12(3-5-21)16(18,19)20/h8-10,12H,2-7H2,1H3.